The normalized spacial score (nSPS) is 12.9. The lowest BCUT2D eigenvalue weighted by Crippen LogP contribution is -2.44. The highest BCUT2D eigenvalue weighted by Crippen LogP contribution is 2.44. The number of benzene rings is 3. The van der Waals surface area contributed by atoms with Crippen LogP contribution in [-0.4, -0.2) is 49.4 Å². The average molecular weight is 460 g/mol. The van der Waals surface area contributed by atoms with E-state index in [1.807, 2.05) is 36.4 Å². The lowest BCUT2D eigenvalue weighted by atomic mass is 9.98. The van der Waals surface area contributed by atoms with Crippen molar-refractivity contribution in [1.29, 1.82) is 0 Å². The number of fused-ring (bicyclic) bond motifs is 3. The second-order valence-corrected chi connectivity index (χ2v) is 7.82. The summed E-state index contributed by atoms with van der Waals surface area (Å²) >= 11 is 0. The minimum atomic E-state index is -1.22. The van der Waals surface area contributed by atoms with Gasteiger partial charge in [-0.2, -0.15) is 0 Å². The Kier molecular flexibility index (Phi) is 6.89. The molecule has 3 N–H and O–H groups in total. The fourth-order valence-electron chi connectivity index (χ4n) is 4.11. The molecule has 0 aliphatic heterocycles. The SMILES string of the molecule is COC[C@H](NC(=O)c1ccccc1NC(=O)OCC1c2ccccc2-c2ccccc21)C(=O)O. The van der Waals surface area contributed by atoms with E-state index >= 15 is 0 Å². The summed E-state index contributed by atoms with van der Waals surface area (Å²) in [7, 11) is 1.34. The number of methoxy groups -OCH3 is 1. The molecular formula is C26H24N2O6. The van der Waals surface area contributed by atoms with Gasteiger partial charge in [-0.25, -0.2) is 9.59 Å². The number of carboxylic acids is 1. The number of ether oxygens (including phenoxy) is 2. The Hall–Kier alpha value is -4.17. The fourth-order valence-corrected chi connectivity index (χ4v) is 4.11. The van der Waals surface area contributed by atoms with E-state index in [0.29, 0.717) is 0 Å². The fraction of sp³-hybridized carbons (Fsp3) is 0.192. The highest BCUT2D eigenvalue weighted by molar-refractivity contribution is 6.03. The van der Waals surface area contributed by atoms with Gasteiger partial charge in [0.1, 0.15) is 6.61 Å². The Morgan fingerprint density at radius 3 is 2.12 bits per heavy atom. The first-order valence-electron chi connectivity index (χ1n) is 10.7. The van der Waals surface area contributed by atoms with Crippen molar-refractivity contribution < 1.29 is 29.0 Å². The zero-order chi connectivity index (χ0) is 24.1. The number of hydrogen-bond acceptors (Lipinski definition) is 5. The van der Waals surface area contributed by atoms with Gasteiger partial charge in [0.25, 0.3) is 5.91 Å². The Morgan fingerprint density at radius 2 is 1.50 bits per heavy atom. The van der Waals surface area contributed by atoms with Gasteiger partial charge >= 0.3 is 12.1 Å². The first-order valence-corrected chi connectivity index (χ1v) is 10.7. The summed E-state index contributed by atoms with van der Waals surface area (Å²) in [5.41, 5.74) is 4.75. The van der Waals surface area contributed by atoms with Crippen LogP contribution in [0.4, 0.5) is 10.5 Å². The number of rotatable bonds is 8. The number of aliphatic carboxylic acids is 1. The predicted molar refractivity (Wildman–Crippen MR) is 126 cm³/mol. The molecule has 0 spiro atoms. The molecular weight excluding hydrogens is 436 g/mol. The molecule has 0 saturated carbocycles. The molecule has 8 heteroatoms. The minimum absolute atomic E-state index is 0.0953. The van der Waals surface area contributed by atoms with Crippen LogP contribution in [-0.2, 0) is 14.3 Å². The van der Waals surface area contributed by atoms with E-state index < -0.39 is 24.0 Å². The van der Waals surface area contributed by atoms with Gasteiger partial charge in [-0.3, -0.25) is 10.1 Å². The van der Waals surface area contributed by atoms with Crippen LogP contribution in [0.5, 0.6) is 0 Å². The van der Waals surface area contributed by atoms with Crippen molar-refractivity contribution in [2.75, 3.05) is 25.6 Å². The summed E-state index contributed by atoms with van der Waals surface area (Å²) < 4.78 is 10.4. The minimum Gasteiger partial charge on any atom is -0.480 e. The van der Waals surface area contributed by atoms with Gasteiger partial charge < -0.3 is 19.9 Å². The number of hydrogen-bond donors (Lipinski definition) is 3. The van der Waals surface area contributed by atoms with E-state index in [-0.39, 0.29) is 30.4 Å². The molecule has 34 heavy (non-hydrogen) atoms. The molecule has 1 aliphatic rings. The van der Waals surface area contributed by atoms with E-state index in [1.165, 1.54) is 13.2 Å². The third kappa shape index (κ3) is 4.77. The van der Waals surface area contributed by atoms with Crippen LogP contribution >= 0.6 is 0 Å². The standard InChI is InChI=1S/C26H24N2O6/c1-33-15-23(25(30)31)27-24(29)20-12-6-7-13-22(20)28-26(32)34-14-21-18-10-4-2-8-16(18)17-9-3-5-11-19(17)21/h2-13,21,23H,14-15H2,1H3,(H,27,29)(H,28,32)(H,30,31)/t23-/m0/s1. The van der Waals surface area contributed by atoms with Crippen molar-refractivity contribution in [2.45, 2.75) is 12.0 Å². The average Bonchev–Trinajstić information content (AvgIpc) is 3.16. The van der Waals surface area contributed by atoms with Gasteiger partial charge in [0.2, 0.25) is 0 Å². The van der Waals surface area contributed by atoms with E-state index in [1.54, 1.807) is 18.2 Å². The maximum atomic E-state index is 12.7. The molecule has 1 aliphatic carbocycles. The van der Waals surface area contributed by atoms with Crippen LogP contribution < -0.4 is 10.6 Å². The van der Waals surface area contributed by atoms with Crippen LogP contribution in [0.1, 0.15) is 27.4 Å². The topological polar surface area (TPSA) is 114 Å². The summed E-state index contributed by atoms with van der Waals surface area (Å²) in [6.07, 6.45) is -0.714. The van der Waals surface area contributed by atoms with Crippen molar-refractivity contribution in [3.05, 3.63) is 89.5 Å². The maximum absolute atomic E-state index is 12.7. The number of carboxylic acid groups (broad SMARTS) is 1. The Bertz CT molecular complexity index is 1180. The Labute approximate surface area is 196 Å². The van der Waals surface area contributed by atoms with E-state index in [2.05, 4.69) is 22.8 Å². The molecule has 174 valence electrons. The Balaban J connectivity index is 1.45. The molecule has 0 radical (unpaired) electrons. The van der Waals surface area contributed by atoms with Gasteiger partial charge in [0, 0.05) is 13.0 Å². The first-order chi connectivity index (χ1) is 16.5. The molecule has 3 aromatic rings. The van der Waals surface area contributed by atoms with Crippen LogP contribution in [0.25, 0.3) is 11.1 Å². The quantitative estimate of drug-likeness (QED) is 0.470. The number of para-hydroxylation sites is 1. The smallest absolute Gasteiger partial charge is 0.411 e. The lowest BCUT2D eigenvalue weighted by Gasteiger charge is -2.17. The lowest BCUT2D eigenvalue weighted by molar-refractivity contribution is -0.140. The summed E-state index contributed by atoms with van der Waals surface area (Å²) in [4.78, 5) is 36.6. The van der Waals surface area contributed by atoms with E-state index in [9.17, 15) is 19.5 Å². The maximum Gasteiger partial charge on any atom is 0.411 e. The zero-order valence-corrected chi connectivity index (χ0v) is 18.5. The predicted octanol–water partition coefficient (Wildman–Crippen LogP) is 3.88. The second kappa shape index (κ2) is 10.2. The van der Waals surface area contributed by atoms with Gasteiger partial charge in [-0.1, -0.05) is 60.7 Å². The molecule has 0 saturated heterocycles. The molecule has 3 aromatic carbocycles. The van der Waals surface area contributed by atoms with Crippen LogP contribution in [0, 0.1) is 0 Å². The van der Waals surface area contributed by atoms with Crippen molar-refractivity contribution >= 4 is 23.7 Å². The molecule has 0 unspecified atom stereocenters. The molecule has 0 heterocycles. The number of carbonyl (C=O) groups excluding carboxylic acids is 2. The molecule has 4 rings (SSSR count). The van der Waals surface area contributed by atoms with Gasteiger partial charge in [0.15, 0.2) is 6.04 Å². The highest BCUT2D eigenvalue weighted by Gasteiger charge is 2.29. The first kappa shape index (κ1) is 23.0. The van der Waals surface area contributed by atoms with Crippen molar-refractivity contribution in [3.63, 3.8) is 0 Å². The van der Waals surface area contributed by atoms with Crippen LogP contribution in [0.3, 0.4) is 0 Å². The van der Waals surface area contributed by atoms with Crippen LogP contribution in [0.2, 0.25) is 0 Å². The zero-order valence-electron chi connectivity index (χ0n) is 18.5. The van der Waals surface area contributed by atoms with Gasteiger partial charge in [-0.15, -0.1) is 0 Å². The Morgan fingerprint density at radius 1 is 0.912 bits per heavy atom. The third-order valence-corrected chi connectivity index (χ3v) is 5.69. The number of carbonyl (C=O) groups is 3. The summed E-state index contributed by atoms with van der Waals surface area (Å²) in [6, 6.07) is 21.1. The summed E-state index contributed by atoms with van der Waals surface area (Å²) in [5, 5.41) is 14.2. The van der Waals surface area contributed by atoms with E-state index in [4.69, 9.17) is 9.47 Å². The van der Waals surface area contributed by atoms with Crippen molar-refractivity contribution in [2.24, 2.45) is 0 Å². The van der Waals surface area contributed by atoms with Crippen LogP contribution in [0.15, 0.2) is 72.8 Å². The van der Waals surface area contributed by atoms with Crippen molar-refractivity contribution in [3.8, 4) is 11.1 Å². The number of anilines is 1. The number of amides is 2. The van der Waals surface area contributed by atoms with Gasteiger partial charge in [0.05, 0.1) is 17.9 Å². The molecule has 8 nitrogen and oxygen atoms in total. The molecule has 2 amide bonds. The number of nitrogens with one attached hydrogen (secondary N) is 2. The highest BCUT2D eigenvalue weighted by atomic mass is 16.5. The molecule has 0 aromatic heterocycles. The summed E-state index contributed by atoms with van der Waals surface area (Å²) in [6.45, 7) is -0.0633. The van der Waals surface area contributed by atoms with E-state index in [0.717, 1.165) is 22.3 Å². The molecule has 1 atom stereocenters. The third-order valence-electron chi connectivity index (χ3n) is 5.69. The molecule has 0 fully saturated rings. The monoisotopic (exact) mass is 460 g/mol. The summed E-state index contributed by atoms with van der Waals surface area (Å²) in [5.74, 6) is -1.97. The largest absolute Gasteiger partial charge is 0.480 e. The van der Waals surface area contributed by atoms with Crippen molar-refractivity contribution in [1.82, 2.24) is 5.32 Å². The molecule has 0 bridgehead atoms. The van der Waals surface area contributed by atoms with Gasteiger partial charge in [-0.05, 0) is 34.4 Å². The second-order valence-electron chi connectivity index (χ2n) is 7.82.